The van der Waals surface area contributed by atoms with E-state index in [9.17, 15) is 4.79 Å². The van der Waals surface area contributed by atoms with Gasteiger partial charge < -0.3 is 4.74 Å². The van der Waals surface area contributed by atoms with Crippen molar-refractivity contribution in [1.29, 1.82) is 0 Å². The van der Waals surface area contributed by atoms with E-state index in [0.29, 0.717) is 11.4 Å². The average Bonchev–Trinajstić information content (AvgIpc) is 2.48. The molecule has 3 rings (SSSR count). The Kier molecular flexibility index (Phi) is 3.27. The van der Waals surface area contributed by atoms with Crippen LogP contribution in [0.3, 0.4) is 0 Å². The predicted molar refractivity (Wildman–Crippen MR) is 78.7 cm³/mol. The lowest BCUT2D eigenvalue weighted by Crippen LogP contribution is -2.54. The van der Waals surface area contributed by atoms with Crippen LogP contribution >= 0.6 is 11.6 Å². The molecule has 2 nitrogen and oxygen atoms in total. The highest BCUT2D eigenvalue weighted by atomic mass is 35.5. The first-order valence-corrected chi connectivity index (χ1v) is 7.08. The summed E-state index contributed by atoms with van der Waals surface area (Å²) in [5.41, 5.74) is 1.42. The van der Waals surface area contributed by atoms with E-state index in [1.807, 2.05) is 61.5 Å². The fraction of sp³-hybridized carbons (Fsp3) is 0.235. The lowest BCUT2D eigenvalue weighted by molar-refractivity contribution is -0.193. The molecule has 1 heterocycles. The first-order valence-electron chi connectivity index (χ1n) is 6.70. The van der Waals surface area contributed by atoms with E-state index in [1.165, 1.54) is 0 Å². The molecule has 0 amide bonds. The second kappa shape index (κ2) is 4.95. The van der Waals surface area contributed by atoms with Gasteiger partial charge in [0.15, 0.2) is 0 Å². The van der Waals surface area contributed by atoms with Gasteiger partial charge in [-0.1, -0.05) is 61.0 Å². The Bertz CT molecular complexity index is 621. The molecular formula is C17H15ClO2. The van der Waals surface area contributed by atoms with E-state index in [1.54, 1.807) is 0 Å². The summed E-state index contributed by atoms with van der Waals surface area (Å²) in [6, 6.07) is 17.4. The van der Waals surface area contributed by atoms with Crippen LogP contribution in [0.5, 0.6) is 0 Å². The van der Waals surface area contributed by atoms with Crippen molar-refractivity contribution < 1.29 is 9.53 Å². The quantitative estimate of drug-likeness (QED) is 0.787. The number of benzene rings is 2. The molecule has 0 bridgehead atoms. The molecule has 0 aromatic heterocycles. The van der Waals surface area contributed by atoms with Crippen molar-refractivity contribution in [3.63, 3.8) is 0 Å². The summed E-state index contributed by atoms with van der Waals surface area (Å²) in [6.07, 6.45) is 0.475. The lowest BCUT2D eigenvalue weighted by atomic mass is 9.67. The van der Waals surface area contributed by atoms with Crippen LogP contribution < -0.4 is 0 Å². The average molecular weight is 287 g/mol. The minimum atomic E-state index is -0.574. The summed E-state index contributed by atoms with van der Waals surface area (Å²) < 4.78 is 5.44. The van der Waals surface area contributed by atoms with Crippen LogP contribution in [0.15, 0.2) is 54.6 Å². The number of carbonyl (C=O) groups excluding carboxylic acids is 1. The Morgan fingerprint density at radius 2 is 1.75 bits per heavy atom. The first-order chi connectivity index (χ1) is 9.68. The maximum absolute atomic E-state index is 12.2. The molecule has 0 unspecified atom stereocenters. The zero-order valence-electron chi connectivity index (χ0n) is 11.2. The summed E-state index contributed by atoms with van der Waals surface area (Å²) in [7, 11) is 0. The molecule has 102 valence electrons. The Hall–Kier alpha value is -1.80. The van der Waals surface area contributed by atoms with Crippen LogP contribution in [0, 0.1) is 0 Å². The highest BCUT2D eigenvalue weighted by Crippen LogP contribution is 2.51. The van der Waals surface area contributed by atoms with Crippen molar-refractivity contribution >= 4 is 17.6 Å². The fourth-order valence-electron chi connectivity index (χ4n) is 2.89. The Labute approximate surface area is 123 Å². The number of hydrogen-bond acceptors (Lipinski definition) is 2. The standard InChI is InChI=1S/C17H15ClO2/c1-2-17(13-6-4-3-5-7-13)15(20-16(17)19)12-8-10-14(18)11-9-12/h3-11,15H,2H2,1H3/t15-,17-/m1/s1. The molecule has 2 atom stereocenters. The highest BCUT2D eigenvalue weighted by molar-refractivity contribution is 6.30. The van der Waals surface area contributed by atoms with Crippen molar-refractivity contribution in [1.82, 2.24) is 0 Å². The van der Waals surface area contributed by atoms with Gasteiger partial charge in [-0.2, -0.15) is 0 Å². The predicted octanol–water partition coefficient (Wildman–Crippen LogP) is 4.29. The van der Waals surface area contributed by atoms with Gasteiger partial charge in [0.1, 0.15) is 11.5 Å². The van der Waals surface area contributed by atoms with Gasteiger partial charge in [0, 0.05) is 5.02 Å². The summed E-state index contributed by atoms with van der Waals surface area (Å²) >= 11 is 5.92. The molecule has 0 radical (unpaired) electrons. The van der Waals surface area contributed by atoms with Crippen LogP contribution in [-0.4, -0.2) is 5.97 Å². The molecule has 0 N–H and O–H groups in total. The van der Waals surface area contributed by atoms with Crippen molar-refractivity contribution in [3.8, 4) is 0 Å². The minimum Gasteiger partial charge on any atom is -0.455 e. The van der Waals surface area contributed by atoms with Gasteiger partial charge in [0.05, 0.1) is 0 Å². The first kappa shape index (κ1) is 13.2. The van der Waals surface area contributed by atoms with Crippen LogP contribution in [0.25, 0.3) is 0 Å². The summed E-state index contributed by atoms with van der Waals surface area (Å²) in [4.78, 5) is 12.2. The number of carbonyl (C=O) groups is 1. The zero-order valence-corrected chi connectivity index (χ0v) is 11.9. The van der Waals surface area contributed by atoms with Crippen molar-refractivity contribution in [2.75, 3.05) is 0 Å². The van der Waals surface area contributed by atoms with Gasteiger partial charge in [0.2, 0.25) is 0 Å². The SMILES string of the molecule is CC[C@]1(c2ccccc2)C(=O)O[C@@H]1c1ccc(Cl)cc1. The largest absolute Gasteiger partial charge is 0.455 e. The van der Waals surface area contributed by atoms with Crippen molar-refractivity contribution in [2.45, 2.75) is 24.9 Å². The molecule has 2 aromatic rings. The van der Waals surface area contributed by atoms with Crippen LogP contribution in [-0.2, 0) is 14.9 Å². The number of rotatable bonds is 3. The number of esters is 1. The van der Waals surface area contributed by atoms with E-state index >= 15 is 0 Å². The third kappa shape index (κ3) is 1.83. The van der Waals surface area contributed by atoms with Gasteiger partial charge >= 0.3 is 5.97 Å². The Balaban J connectivity index is 2.05. The monoisotopic (exact) mass is 286 g/mol. The minimum absolute atomic E-state index is 0.147. The normalized spacial score (nSPS) is 24.9. The summed E-state index contributed by atoms with van der Waals surface area (Å²) in [6.45, 7) is 2.02. The van der Waals surface area contributed by atoms with Gasteiger partial charge in [-0.3, -0.25) is 4.79 Å². The lowest BCUT2D eigenvalue weighted by Gasteiger charge is -2.47. The van der Waals surface area contributed by atoms with E-state index in [4.69, 9.17) is 16.3 Å². The van der Waals surface area contributed by atoms with Crippen molar-refractivity contribution in [3.05, 3.63) is 70.7 Å². The number of hydrogen-bond donors (Lipinski definition) is 0. The number of ether oxygens (including phenoxy) is 1. The molecule has 0 saturated carbocycles. The molecule has 1 saturated heterocycles. The summed E-state index contributed by atoms with van der Waals surface area (Å²) in [5, 5.41) is 0.682. The number of halogens is 1. The second-order valence-electron chi connectivity index (χ2n) is 5.03. The van der Waals surface area contributed by atoms with Gasteiger partial charge in [0.25, 0.3) is 0 Å². The topological polar surface area (TPSA) is 26.3 Å². The van der Waals surface area contributed by atoms with Crippen molar-refractivity contribution in [2.24, 2.45) is 0 Å². The Morgan fingerprint density at radius 1 is 1.10 bits per heavy atom. The van der Waals surface area contributed by atoms with Gasteiger partial charge in [-0.05, 0) is 29.7 Å². The zero-order chi connectivity index (χ0) is 14.2. The third-order valence-corrected chi connectivity index (χ3v) is 4.31. The molecule has 20 heavy (non-hydrogen) atoms. The third-order valence-electron chi connectivity index (χ3n) is 4.06. The van der Waals surface area contributed by atoms with Gasteiger partial charge in [-0.25, -0.2) is 0 Å². The molecule has 1 fully saturated rings. The molecule has 3 heteroatoms. The van der Waals surface area contributed by atoms with E-state index < -0.39 is 5.41 Å². The Morgan fingerprint density at radius 3 is 2.30 bits per heavy atom. The number of cyclic esters (lactones) is 1. The molecular weight excluding hydrogens is 272 g/mol. The molecule has 2 aromatic carbocycles. The second-order valence-corrected chi connectivity index (χ2v) is 5.46. The molecule has 1 aliphatic heterocycles. The molecule has 0 aliphatic carbocycles. The molecule has 1 aliphatic rings. The van der Waals surface area contributed by atoms with Crippen LogP contribution in [0.4, 0.5) is 0 Å². The molecule has 0 spiro atoms. The fourth-order valence-corrected chi connectivity index (χ4v) is 3.02. The van der Waals surface area contributed by atoms with E-state index in [0.717, 1.165) is 11.1 Å². The highest BCUT2D eigenvalue weighted by Gasteiger charge is 2.58. The maximum atomic E-state index is 12.2. The van der Waals surface area contributed by atoms with E-state index in [2.05, 4.69) is 0 Å². The smallest absolute Gasteiger partial charge is 0.321 e. The maximum Gasteiger partial charge on any atom is 0.321 e. The van der Waals surface area contributed by atoms with Crippen LogP contribution in [0.2, 0.25) is 5.02 Å². The summed E-state index contributed by atoms with van der Waals surface area (Å²) in [5.74, 6) is -0.147. The van der Waals surface area contributed by atoms with Gasteiger partial charge in [-0.15, -0.1) is 0 Å². The van der Waals surface area contributed by atoms with Crippen LogP contribution in [0.1, 0.15) is 30.6 Å². The van der Waals surface area contributed by atoms with E-state index in [-0.39, 0.29) is 12.1 Å².